The number of anilines is 1. The van der Waals surface area contributed by atoms with E-state index in [1.807, 2.05) is 37.3 Å². The number of nitrogens with zero attached hydrogens (tertiary/aromatic N) is 1. The molecule has 38 heavy (non-hydrogen) atoms. The summed E-state index contributed by atoms with van der Waals surface area (Å²) in [4.78, 5) is 15.2. The predicted molar refractivity (Wildman–Crippen MR) is 155 cm³/mol. The van der Waals surface area contributed by atoms with Crippen LogP contribution in [0.3, 0.4) is 0 Å². The zero-order chi connectivity index (χ0) is 27.7. The van der Waals surface area contributed by atoms with Gasteiger partial charge in [0.25, 0.3) is 0 Å². The molecule has 0 bridgehead atoms. The summed E-state index contributed by atoms with van der Waals surface area (Å²) >= 11 is 6.01. The normalized spacial score (nSPS) is 15.9. The predicted octanol–water partition coefficient (Wildman–Crippen LogP) is 6.28. The molecule has 0 aromatic heterocycles. The van der Waals surface area contributed by atoms with Crippen LogP contribution in [0.5, 0.6) is 0 Å². The maximum atomic E-state index is 12.9. The largest absolute Gasteiger partial charge is 0.385 e. The third-order valence-corrected chi connectivity index (χ3v) is 10.3. The third-order valence-electron chi connectivity index (χ3n) is 7.50. The lowest BCUT2D eigenvalue weighted by atomic mass is 9.84. The van der Waals surface area contributed by atoms with Gasteiger partial charge in [0.15, 0.2) is 15.6 Å². The van der Waals surface area contributed by atoms with Crippen molar-refractivity contribution in [3.05, 3.63) is 99.6 Å². The molecule has 1 saturated heterocycles. The van der Waals surface area contributed by atoms with E-state index in [1.54, 1.807) is 45.0 Å². The van der Waals surface area contributed by atoms with Gasteiger partial charge in [-0.2, -0.15) is 0 Å². The topological polar surface area (TPSA) is 74.7 Å². The van der Waals surface area contributed by atoms with E-state index < -0.39 is 20.2 Å². The number of rotatable bonds is 7. The number of halogens is 1. The van der Waals surface area contributed by atoms with Crippen LogP contribution >= 0.6 is 11.6 Å². The molecular weight excluding hydrogens is 518 g/mol. The Hall–Kier alpha value is -2.67. The summed E-state index contributed by atoms with van der Waals surface area (Å²) in [5, 5.41) is 11.8. The monoisotopic (exact) mass is 553 g/mol. The number of carbonyl (C=O) groups excluding carboxylic acids is 1. The highest BCUT2D eigenvalue weighted by Crippen LogP contribution is 2.36. The van der Waals surface area contributed by atoms with Crippen molar-refractivity contribution in [2.24, 2.45) is 0 Å². The molecule has 3 aromatic rings. The van der Waals surface area contributed by atoms with E-state index in [0.29, 0.717) is 29.0 Å². The molecule has 0 unspecified atom stereocenters. The Labute approximate surface area is 231 Å². The Bertz CT molecular complexity index is 1400. The first-order chi connectivity index (χ1) is 17.8. The highest BCUT2D eigenvalue weighted by atomic mass is 35.5. The van der Waals surface area contributed by atoms with Crippen molar-refractivity contribution in [3.8, 4) is 0 Å². The minimum Gasteiger partial charge on any atom is -0.385 e. The summed E-state index contributed by atoms with van der Waals surface area (Å²) in [5.74, 6) is -0.0486. The standard InChI is InChI=1S/C31H36ClNO4S/c1-22-19-24(20-29(34)25-8-5-23(6-9-25)21-38(36,37)30(2,3)4)7-14-28(22)33-17-15-31(35,16-18-33)26-10-12-27(32)13-11-26/h5-14,19,35H,15-18,20-21H2,1-4H3. The maximum absolute atomic E-state index is 12.9. The number of piperidine rings is 1. The van der Waals surface area contributed by atoms with E-state index in [9.17, 15) is 18.3 Å². The number of aliphatic hydroxyl groups is 1. The molecule has 3 aromatic carbocycles. The fourth-order valence-electron chi connectivity index (χ4n) is 4.86. The van der Waals surface area contributed by atoms with Crippen molar-refractivity contribution in [1.82, 2.24) is 0 Å². The van der Waals surface area contributed by atoms with Crippen molar-refractivity contribution in [2.45, 2.75) is 63.1 Å². The average Bonchev–Trinajstić information content (AvgIpc) is 2.85. The smallest absolute Gasteiger partial charge is 0.167 e. The quantitative estimate of drug-likeness (QED) is 0.349. The van der Waals surface area contributed by atoms with Gasteiger partial charge in [-0.15, -0.1) is 0 Å². The van der Waals surface area contributed by atoms with E-state index in [4.69, 9.17) is 11.6 Å². The van der Waals surface area contributed by atoms with Gasteiger partial charge in [0.2, 0.25) is 0 Å². The van der Waals surface area contributed by atoms with E-state index in [1.165, 1.54) is 0 Å². The summed E-state index contributed by atoms with van der Waals surface area (Å²) in [6.07, 6.45) is 1.53. The zero-order valence-corrected chi connectivity index (χ0v) is 24.1. The van der Waals surface area contributed by atoms with Crippen LogP contribution in [0.2, 0.25) is 5.02 Å². The van der Waals surface area contributed by atoms with Crippen molar-refractivity contribution >= 4 is 32.9 Å². The summed E-state index contributed by atoms with van der Waals surface area (Å²) in [7, 11) is -3.28. The Morgan fingerprint density at radius 3 is 2.08 bits per heavy atom. The fraction of sp³-hybridized carbons (Fsp3) is 0.387. The second-order valence-electron chi connectivity index (χ2n) is 11.3. The van der Waals surface area contributed by atoms with Crippen LogP contribution in [-0.4, -0.2) is 37.1 Å². The van der Waals surface area contributed by atoms with Crippen LogP contribution in [0.4, 0.5) is 5.69 Å². The molecule has 1 aliphatic heterocycles. The van der Waals surface area contributed by atoms with Crippen molar-refractivity contribution < 1.29 is 18.3 Å². The lowest BCUT2D eigenvalue weighted by molar-refractivity contribution is 0.0117. The van der Waals surface area contributed by atoms with Crippen LogP contribution in [-0.2, 0) is 27.6 Å². The molecular formula is C31H36ClNO4S. The maximum Gasteiger partial charge on any atom is 0.167 e. The van der Waals surface area contributed by atoms with Gasteiger partial charge in [0, 0.05) is 35.8 Å². The van der Waals surface area contributed by atoms with E-state index in [-0.39, 0.29) is 18.0 Å². The Balaban J connectivity index is 1.38. The number of hydrogen-bond donors (Lipinski definition) is 1. The Morgan fingerprint density at radius 2 is 1.53 bits per heavy atom. The van der Waals surface area contributed by atoms with Gasteiger partial charge in [-0.05, 0) is 81.0 Å². The molecule has 0 atom stereocenters. The molecule has 1 fully saturated rings. The molecule has 202 valence electrons. The van der Waals surface area contributed by atoms with Crippen molar-refractivity contribution in [2.75, 3.05) is 18.0 Å². The SMILES string of the molecule is Cc1cc(CC(=O)c2ccc(CS(=O)(=O)C(C)(C)C)cc2)ccc1N1CCC(O)(c2ccc(Cl)cc2)CC1. The first-order valence-electron chi connectivity index (χ1n) is 12.9. The van der Waals surface area contributed by atoms with Crippen LogP contribution in [0, 0.1) is 6.92 Å². The summed E-state index contributed by atoms with van der Waals surface area (Å²) in [6, 6.07) is 20.4. The van der Waals surface area contributed by atoms with Gasteiger partial charge in [0.05, 0.1) is 16.1 Å². The molecule has 1 heterocycles. The van der Waals surface area contributed by atoms with Gasteiger partial charge in [-0.3, -0.25) is 4.79 Å². The van der Waals surface area contributed by atoms with Gasteiger partial charge < -0.3 is 10.0 Å². The molecule has 5 nitrogen and oxygen atoms in total. The molecule has 0 amide bonds. The highest BCUT2D eigenvalue weighted by Gasteiger charge is 2.34. The summed E-state index contributed by atoms with van der Waals surface area (Å²) in [6.45, 7) is 8.60. The zero-order valence-electron chi connectivity index (χ0n) is 22.5. The van der Waals surface area contributed by atoms with Gasteiger partial charge in [-0.1, -0.05) is 60.1 Å². The Kier molecular flexibility index (Phi) is 8.08. The van der Waals surface area contributed by atoms with Crippen LogP contribution < -0.4 is 4.90 Å². The number of Topliss-reactive ketones (excluding diaryl/α,β-unsaturated/α-hetero) is 1. The van der Waals surface area contributed by atoms with Crippen molar-refractivity contribution in [3.63, 3.8) is 0 Å². The van der Waals surface area contributed by atoms with E-state index in [0.717, 1.165) is 35.5 Å². The lowest BCUT2D eigenvalue weighted by Crippen LogP contribution is -2.42. The molecule has 7 heteroatoms. The van der Waals surface area contributed by atoms with Crippen LogP contribution in [0.1, 0.15) is 66.2 Å². The molecule has 4 rings (SSSR count). The van der Waals surface area contributed by atoms with E-state index in [2.05, 4.69) is 17.0 Å². The second kappa shape index (κ2) is 10.8. The number of ketones is 1. The molecule has 0 saturated carbocycles. The third kappa shape index (κ3) is 6.31. The van der Waals surface area contributed by atoms with Gasteiger partial charge in [0.1, 0.15) is 0 Å². The molecule has 0 aliphatic carbocycles. The highest BCUT2D eigenvalue weighted by molar-refractivity contribution is 7.91. The fourth-order valence-corrected chi connectivity index (χ4v) is 6.05. The Morgan fingerprint density at radius 1 is 0.947 bits per heavy atom. The van der Waals surface area contributed by atoms with Crippen molar-refractivity contribution in [1.29, 1.82) is 0 Å². The molecule has 0 spiro atoms. The van der Waals surface area contributed by atoms with Gasteiger partial charge in [-0.25, -0.2) is 8.42 Å². The molecule has 1 aliphatic rings. The number of hydrogen-bond acceptors (Lipinski definition) is 5. The number of carbonyl (C=O) groups is 1. The van der Waals surface area contributed by atoms with Gasteiger partial charge >= 0.3 is 0 Å². The summed E-state index contributed by atoms with van der Waals surface area (Å²) in [5.41, 5.74) is 4.44. The average molecular weight is 554 g/mol. The minimum atomic E-state index is -3.28. The van der Waals surface area contributed by atoms with Crippen LogP contribution in [0.25, 0.3) is 0 Å². The first-order valence-corrected chi connectivity index (χ1v) is 15.0. The second-order valence-corrected chi connectivity index (χ2v) is 14.5. The number of sulfone groups is 1. The first kappa shape index (κ1) is 28.3. The molecule has 1 N–H and O–H groups in total. The minimum absolute atomic E-state index is 0.00613. The summed E-state index contributed by atoms with van der Waals surface area (Å²) < 4.78 is 24.1. The lowest BCUT2D eigenvalue weighted by Gasteiger charge is -2.40. The number of aryl methyl sites for hydroxylation is 1. The molecule has 0 radical (unpaired) electrons. The number of benzene rings is 3. The van der Waals surface area contributed by atoms with Crippen LogP contribution in [0.15, 0.2) is 66.7 Å². The van der Waals surface area contributed by atoms with E-state index >= 15 is 0 Å².